The van der Waals surface area contributed by atoms with Crippen LogP contribution in [0, 0.1) is 17.6 Å². The highest BCUT2D eigenvalue weighted by atomic mass is 32.1. The standard InChI is InChI=1S/C37H28F2N6O3S/c38-21-7-4-18(5-8-21)6-10-26-28(34-43-44-36(47)48-34)29(30-32(41-26)37-15-19(16-37)17-45(37)35(30)46)27-14-20-12-13-40-33(31(20)49-27)42-25-11-9-22-23(25)2-1-3-24(22)39/h1-5,7-8,12-14,19,25H,6,9-11,15-17H2,(H,40,42)(H,44,47)/t19?,25-,37?/m1/s1. The molecule has 9 nitrogen and oxygen atoms in total. The van der Waals surface area contributed by atoms with E-state index in [1.807, 2.05) is 23.1 Å². The van der Waals surface area contributed by atoms with Gasteiger partial charge in [0.15, 0.2) is 0 Å². The minimum Gasteiger partial charge on any atom is -0.388 e. The smallest absolute Gasteiger partial charge is 0.388 e. The third kappa shape index (κ3) is 4.22. The molecule has 49 heavy (non-hydrogen) atoms. The normalized spacial score (nSPS) is 21.6. The second-order valence-corrected chi connectivity index (χ2v) is 14.6. The zero-order valence-electron chi connectivity index (χ0n) is 26.1. The third-order valence-electron chi connectivity index (χ3n) is 10.8. The Morgan fingerprint density at radius 1 is 1.04 bits per heavy atom. The lowest BCUT2D eigenvalue weighted by Gasteiger charge is -2.37. The molecule has 244 valence electrons. The molecule has 12 heteroatoms. The molecule has 2 aliphatic carbocycles. The van der Waals surface area contributed by atoms with E-state index in [-0.39, 0.29) is 29.5 Å². The third-order valence-corrected chi connectivity index (χ3v) is 12.0. The van der Waals surface area contributed by atoms with Gasteiger partial charge in [0.2, 0.25) is 0 Å². The quantitative estimate of drug-likeness (QED) is 0.189. The lowest BCUT2D eigenvalue weighted by molar-refractivity contribution is 0.0637. The van der Waals surface area contributed by atoms with Crippen molar-refractivity contribution in [1.82, 2.24) is 25.1 Å². The molecule has 1 amide bonds. The molecular weight excluding hydrogens is 647 g/mol. The Morgan fingerprint density at radius 2 is 1.90 bits per heavy atom. The van der Waals surface area contributed by atoms with Gasteiger partial charge in [-0.1, -0.05) is 24.3 Å². The summed E-state index contributed by atoms with van der Waals surface area (Å²) in [5.74, 6) is -0.0686. The van der Waals surface area contributed by atoms with Crippen molar-refractivity contribution in [3.05, 3.63) is 117 Å². The van der Waals surface area contributed by atoms with Crippen molar-refractivity contribution in [2.24, 2.45) is 5.92 Å². The Labute approximate surface area is 282 Å². The van der Waals surface area contributed by atoms with Gasteiger partial charge in [-0.15, -0.1) is 16.4 Å². The Morgan fingerprint density at radius 3 is 2.71 bits per heavy atom. The average Bonchev–Trinajstić information content (AvgIpc) is 3.93. The molecule has 5 aliphatic rings. The summed E-state index contributed by atoms with van der Waals surface area (Å²) in [5.41, 5.74) is 5.27. The number of aryl methyl sites for hydroxylation is 2. The van der Waals surface area contributed by atoms with Gasteiger partial charge < -0.3 is 14.6 Å². The number of hydrogen-bond acceptors (Lipinski definition) is 8. The number of thiophene rings is 1. The van der Waals surface area contributed by atoms with Crippen LogP contribution in [0.1, 0.15) is 63.7 Å². The number of nitrogens with one attached hydrogen (secondary N) is 2. The Bertz CT molecular complexity index is 2410. The molecular formula is C37H28F2N6O3S. The number of hydrogen-bond donors (Lipinski definition) is 2. The number of carbonyl (C=O) groups is 1. The zero-order valence-corrected chi connectivity index (χ0v) is 26.9. The van der Waals surface area contributed by atoms with Crippen LogP contribution in [0.25, 0.3) is 32.0 Å². The van der Waals surface area contributed by atoms with E-state index in [1.54, 1.807) is 24.4 Å². The topological polar surface area (TPSA) is 117 Å². The van der Waals surface area contributed by atoms with Crippen LogP contribution in [0.4, 0.5) is 14.6 Å². The van der Waals surface area contributed by atoms with Crippen LogP contribution in [0.2, 0.25) is 0 Å². The minimum absolute atomic E-state index is 0.0618. The Balaban J connectivity index is 1.16. The van der Waals surface area contributed by atoms with Gasteiger partial charge in [-0.05, 0) is 96.9 Å². The fraction of sp³-hybridized carbons (Fsp3) is 0.270. The number of aromatic nitrogens is 4. The molecule has 2 saturated heterocycles. The van der Waals surface area contributed by atoms with Crippen molar-refractivity contribution in [3.63, 3.8) is 0 Å². The number of nitrogens with zero attached hydrogens (tertiary/aromatic N) is 4. The van der Waals surface area contributed by atoms with Gasteiger partial charge >= 0.3 is 5.76 Å². The van der Waals surface area contributed by atoms with Crippen molar-refractivity contribution >= 4 is 33.1 Å². The highest BCUT2D eigenvalue weighted by Gasteiger charge is 2.65. The summed E-state index contributed by atoms with van der Waals surface area (Å²) >= 11 is 1.50. The van der Waals surface area contributed by atoms with E-state index in [0.717, 1.165) is 56.6 Å². The number of fused-ring (bicyclic) bond motifs is 3. The number of pyridine rings is 2. The molecule has 0 radical (unpaired) electrons. The number of carbonyl (C=O) groups excluding carboxylic acids is 1. The first-order valence-electron chi connectivity index (χ1n) is 16.5. The lowest BCUT2D eigenvalue weighted by atomic mass is 9.71. The van der Waals surface area contributed by atoms with Gasteiger partial charge in [0.25, 0.3) is 11.8 Å². The van der Waals surface area contributed by atoms with E-state index in [4.69, 9.17) is 14.4 Å². The molecule has 3 fully saturated rings. The number of rotatable bonds is 7. The van der Waals surface area contributed by atoms with Crippen LogP contribution in [-0.4, -0.2) is 37.5 Å². The number of aromatic amines is 1. The second kappa shape index (κ2) is 10.4. The van der Waals surface area contributed by atoms with Crippen LogP contribution in [0.5, 0.6) is 0 Å². The van der Waals surface area contributed by atoms with E-state index in [9.17, 15) is 18.4 Å². The molecule has 1 atom stereocenters. The van der Waals surface area contributed by atoms with E-state index in [0.29, 0.717) is 59.9 Å². The zero-order chi connectivity index (χ0) is 33.0. The molecule has 2 bridgehead atoms. The molecule has 11 rings (SSSR count). The van der Waals surface area contributed by atoms with Gasteiger partial charge in [0.05, 0.1) is 38.8 Å². The summed E-state index contributed by atoms with van der Waals surface area (Å²) < 4.78 is 34.8. The summed E-state index contributed by atoms with van der Waals surface area (Å²) in [6.07, 6.45) is 5.89. The van der Waals surface area contributed by atoms with Crippen LogP contribution >= 0.6 is 11.3 Å². The number of H-pyrrole nitrogens is 1. The largest absolute Gasteiger partial charge is 0.434 e. The SMILES string of the molecule is O=C1c2c(nc(CCc3ccc(F)cc3)c(-c3n[nH]c(=O)o3)c2-c2cc3ccnc(N[C@@H]4CCc5c(F)cccc54)c3s2)C23CC(CN12)C3. The molecule has 1 spiro atoms. The molecule has 3 aliphatic heterocycles. The maximum Gasteiger partial charge on any atom is 0.434 e. The van der Waals surface area contributed by atoms with Crippen LogP contribution in [-0.2, 0) is 24.8 Å². The van der Waals surface area contributed by atoms with E-state index >= 15 is 0 Å². The summed E-state index contributed by atoms with van der Waals surface area (Å²) in [5, 5.41) is 11.2. The first kappa shape index (κ1) is 28.8. The number of benzene rings is 2. The van der Waals surface area contributed by atoms with E-state index < -0.39 is 11.3 Å². The first-order chi connectivity index (χ1) is 23.9. The Kier molecular flexibility index (Phi) is 6.09. The van der Waals surface area contributed by atoms with E-state index in [2.05, 4.69) is 15.5 Å². The molecule has 2 N–H and O–H groups in total. The highest BCUT2D eigenvalue weighted by molar-refractivity contribution is 7.23. The molecule has 4 aromatic heterocycles. The van der Waals surface area contributed by atoms with Crippen LogP contribution < -0.4 is 11.1 Å². The molecule has 2 aromatic carbocycles. The Hall–Kier alpha value is -5.23. The molecule has 7 heterocycles. The van der Waals surface area contributed by atoms with Crippen LogP contribution in [0.3, 0.4) is 0 Å². The fourth-order valence-electron chi connectivity index (χ4n) is 8.61. The van der Waals surface area contributed by atoms with Gasteiger partial charge in [-0.25, -0.2) is 23.7 Å². The summed E-state index contributed by atoms with van der Waals surface area (Å²) in [6, 6.07) is 15.5. The average molecular weight is 675 g/mol. The first-order valence-corrected chi connectivity index (χ1v) is 17.3. The second-order valence-electron chi connectivity index (χ2n) is 13.5. The highest BCUT2D eigenvalue weighted by Crippen LogP contribution is 2.63. The van der Waals surface area contributed by atoms with Crippen LogP contribution in [0.15, 0.2) is 70.0 Å². The van der Waals surface area contributed by atoms with Gasteiger partial charge in [-0.3, -0.25) is 9.78 Å². The summed E-state index contributed by atoms with van der Waals surface area (Å²) in [4.78, 5) is 39.4. The summed E-state index contributed by atoms with van der Waals surface area (Å²) in [7, 11) is 0. The van der Waals surface area contributed by atoms with Crippen molar-refractivity contribution in [3.8, 4) is 21.9 Å². The predicted molar refractivity (Wildman–Crippen MR) is 179 cm³/mol. The van der Waals surface area contributed by atoms with Gasteiger partial charge in [-0.2, -0.15) is 0 Å². The molecule has 0 unspecified atom stereocenters. The van der Waals surface area contributed by atoms with Crippen molar-refractivity contribution < 1.29 is 18.0 Å². The van der Waals surface area contributed by atoms with Gasteiger partial charge in [0.1, 0.15) is 17.5 Å². The number of amides is 1. The molecule has 1 saturated carbocycles. The molecule has 6 aromatic rings. The maximum atomic E-state index is 14.6. The maximum absolute atomic E-state index is 14.6. The van der Waals surface area contributed by atoms with Crippen molar-refractivity contribution in [1.29, 1.82) is 0 Å². The lowest BCUT2D eigenvalue weighted by Crippen LogP contribution is -2.40. The minimum atomic E-state index is -0.710. The van der Waals surface area contributed by atoms with Gasteiger partial charge in [0, 0.05) is 23.2 Å². The van der Waals surface area contributed by atoms with Crippen molar-refractivity contribution in [2.45, 2.75) is 50.1 Å². The van der Waals surface area contributed by atoms with Crippen molar-refractivity contribution in [2.75, 3.05) is 11.9 Å². The predicted octanol–water partition coefficient (Wildman–Crippen LogP) is 6.94. The number of halogens is 2. The summed E-state index contributed by atoms with van der Waals surface area (Å²) in [6.45, 7) is 0.695. The number of anilines is 1. The fourth-order valence-corrected chi connectivity index (χ4v) is 9.78. The van der Waals surface area contributed by atoms with E-state index in [1.165, 1.54) is 29.5 Å². The monoisotopic (exact) mass is 674 g/mol.